The van der Waals surface area contributed by atoms with E-state index in [1.54, 1.807) is 16.3 Å². The van der Waals surface area contributed by atoms with Crippen LogP contribution in [-0.2, 0) is 11.3 Å². The molecule has 0 aliphatic heterocycles. The van der Waals surface area contributed by atoms with E-state index in [4.69, 9.17) is 9.84 Å². The van der Waals surface area contributed by atoms with Gasteiger partial charge < -0.3 is 20.1 Å². The van der Waals surface area contributed by atoms with E-state index in [-0.39, 0.29) is 6.09 Å². The summed E-state index contributed by atoms with van der Waals surface area (Å²) < 4.78 is 5.33. The Balaban J connectivity index is 2.34. The van der Waals surface area contributed by atoms with Gasteiger partial charge in [-0.05, 0) is 33.8 Å². The minimum Gasteiger partial charge on any atom is -0.478 e. The summed E-state index contributed by atoms with van der Waals surface area (Å²) in [6.07, 6.45) is -0.318. The summed E-state index contributed by atoms with van der Waals surface area (Å²) in [7, 11) is 0. The zero-order valence-electron chi connectivity index (χ0n) is 13.5. The van der Waals surface area contributed by atoms with Crippen LogP contribution in [0.5, 0.6) is 0 Å². The molecule has 0 atom stereocenters. The fourth-order valence-corrected chi connectivity index (χ4v) is 2.54. The molecule has 22 heavy (non-hydrogen) atoms. The zero-order chi connectivity index (χ0) is 16.8. The van der Waals surface area contributed by atoms with Crippen LogP contribution in [0.25, 0.3) is 0 Å². The Bertz CT molecular complexity index is 508. The van der Waals surface area contributed by atoms with Crippen LogP contribution in [0, 0.1) is 0 Å². The molecule has 0 fully saturated rings. The lowest BCUT2D eigenvalue weighted by atomic mass is 10.2. The van der Waals surface area contributed by atoms with Gasteiger partial charge in [-0.25, -0.2) is 9.59 Å². The predicted octanol–water partition coefficient (Wildman–Crippen LogP) is 2.79. The first-order valence-electron chi connectivity index (χ1n) is 7.22. The quantitative estimate of drug-likeness (QED) is 0.753. The number of nitrogens with one attached hydrogen (secondary N) is 1. The number of nitrogens with zero attached hydrogens (tertiary/aromatic N) is 1. The average Bonchev–Trinajstić information content (AvgIpc) is 2.85. The molecular formula is C15H24N2O4S. The lowest BCUT2D eigenvalue weighted by Crippen LogP contribution is -2.40. The van der Waals surface area contributed by atoms with Gasteiger partial charge >= 0.3 is 12.1 Å². The molecule has 1 aromatic rings. The number of thiophene rings is 1. The van der Waals surface area contributed by atoms with Crippen LogP contribution < -0.4 is 5.32 Å². The summed E-state index contributed by atoms with van der Waals surface area (Å²) in [5.74, 6) is -0.912. The van der Waals surface area contributed by atoms with Crippen LogP contribution in [0.15, 0.2) is 11.4 Å². The second kappa shape index (κ2) is 8.14. The summed E-state index contributed by atoms with van der Waals surface area (Å²) in [6, 6.07) is 1.66. The van der Waals surface area contributed by atoms with Crippen LogP contribution in [0.4, 0.5) is 4.79 Å². The van der Waals surface area contributed by atoms with Crippen molar-refractivity contribution in [2.24, 2.45) is 0 Å². The van der Waals surface area contributed by atoms with Gasteiger partial charge in [0.15, 0.2) is 0 Å². The molecule has 6 nitrogen and oxygen atoms in total. The maximum absolute atomic E-state index is 11.9. The van der Waals surface area contributed by atoms with E-state index < -0.39 is 11.6 Å². The van der Waals surface area contributed by atoms with E-state index >= 15 is 0 Å². The van der Waals surface area contributed by atoms with E-state index in [2.05, 4.69) is 5.32 Å². The van der Waals surface area contributed by atoms with E-state index in [0.29, 0.717) is 31.7 Å². The third kappa shape index (κ3) is 6.44. The molecule has 0 unspecified atom stereocenters. The number of carboxylic acid groups (broad SMARTS) is 1. The second-order valence-corrected chi connectivity index (χ2v) is 6.84. The number of hydrogen-bond acceptors (Lipinski definition) is 5. The van der Waals surface area contributed by atoms with Crippen molar-refractivity contribution in [3.8, 4) is 0 Å². The topological polar surface area (TPSA) is 78.9 Å². The van der Waals surface area contributed by atoms with Gasteiger partial charge in [-0.2, -0.15) is 0 Å². The molecule has 1 rings (SSSR count). The van der Waals surface area contributed by atoms with E-state index in [9.17, 15) is 9.59 Å². The Kier molecular flexibility index (Phi) is 6.83. The standard InChI is InChI=1S/C15H24N2O4S/c1-5-17(14(20)21-15(2,3)4)7-6-16-9-12-8-11(10-22-12)13(18)19/h8,10,16H,5-7,9H2,1-4H3,(H,18,19). The van der Waals surface area contributed by atoms with Crippen molar-refractivity contribution in [3.63, 3.8) is 0 Å². The number of amides is 1. The van der Waals surface area contributed by atoms with Gasteiger partial charge in [0.2, 0.25) is 0 Å². The molecule has 0 saturated carbocycles. The van der Waals surface area contributed by atoms with Crippen molar-refractivity contribution >= 4 is 23.4 Å². The molecule has 2 N–H and O–H groups in total. The van der Waals surface area contributed by atoms with Crippen LogP contribution in [0.2, 0.25) is 0 Å². The number of carbonyl (C=O) groups is 2. The average molecular weight is 328 g/mol. The van der Waals surface area contributed by atoms with Gasteiger partial charge in [0.25, 0.3) is 0 Å². The highest BCUT2D eigenvalue weighted by molar-refractivity contribution is 7.10. The molecule has 0 saturated heterocycles. The Morgan fingerprint density at radius 3 is 2.59 bits per heavy atom. The second-order valence-electron chi connectivity index (χ2n) is 5.84. The fourth-order valence-electron chi connectivity index (χ4n) is 1.72. The zero-order valence-corrected chi connectivity index (χ0v) is 14.3. The van der Waals surface area contributed by atoms with Gasteiger partial charge in [-0.1, -0.05) is 0 Å². The lowest BCUT2D eigenvalue weighted by Gasteiger charge is -2.26. The summed E-state index contributed by atoms with van der Waals surface area (Å²) in [5.41, 5.74) is -0.187. The SMILES string of the molecule is CCN(CCNCc1cc(C(=O)O)cs1)C(=O)OC(C)(C)C. The van der Waals surface area contributed by atoms with Gasteiger partial charge in [0, 0.05) is 36.4 Å². The normalized spacial score (nSPS) is 11.3. The van der Waals surface area contributed by atoms with Crippen LogP contribution >= 0.6 is 11.3 Å². The Morgan fingerprint density at radius 1 is 1.41 bits per heavy atom. The maximum atomic E-state index is 11.9. The maximum Gasteiger partial charge on any atom is 0.410 e. The molecule has 1 amide bonds. The van der Waals surface area contributed by atoms with Gasteiger partial charge in [-0.3, -0.25) is 0 Å². The van der Waals surface area contributed by atoms with Crippen LogP contribution in [0.1, 0.15) is 42.9 Å². The Morgan fingerprint density at radius 2 is 2.09 bits per heavy atom. The predicted molar refractivity (Wildman–Crippen MR) is 86.5 cm³/mol. The number of hydrogen-bond donors (Lipinski definition) is 2. The highest BCUT2D eigenvalue weighted by Crippen LogP contribution is 2.14. The first-order valence-corrected chi connectivity index (χ1v) is 8.10. The molecule has 0 aromatic carbocycles. The fraction of sp³-hybridized carbons (Fsp3) is 0.600. The molecule has 0 radical (unpaired) electrons. The van der Waals surface area contributed by atoms with E-state index in [1.165, 1.54) is 11.3 Å². The van der Waals surface area contributed by atoms with Gasteiger partial charge in [0.1, 0.15) is 5.60 Å². The molecule has 7 heteroatoms. The number of carbonyl (C=O) groups excluding carboxylic acids is 1. The number of carboxylic acids is 1. The van der Waals surface area contributed by atoms with Gasteiger partial charge in [0.05, 0.1) is 5.56 Å². The minimum absolute atomic E-state index is 0.311. The molecule has 0 aliphatic rings. The third-order valence-electron chi connectivity index (χ3n) is 2.79. The number of aromatic carboxylic acids is 1. The molecule has 0 aliphatic carbocycles. The highest BCUT2D eigenvalue weighted by Gasteiger charge is 2.20. The number of likely N-dealkylation sites (N-methyl/N-ethyl adjacent to an activating group) is 1. The monoisotopic (exact) mass is 328 g/mol. The van der Waals surface area contributed by atoms with Crippen LogP contribution in [0.3, 0.4) is 0 Å². The summed E-state index contributed by atoms with van der Waals surface area (Å²) >= 11 is 1.41. The highest BCUT2D eigenvalue weighted by atomic mass is 32.1. The molecule has 0 bridgehead atoms. The smallest absolute Gasteiger partial charge is 0.410 e. The van der Waals surface area contributed by atoms with Crippen molar-refractivity contribution in [2.45, 2.75) is 39.8 Å². The largest absolute Gasteiger partial charge is 0.478 e. The molecule has 1 aromatic heterocycles. The van der Waals surface area contributed by atoms with E-state index in [1.807, 2.05) is 27.7 Å². The Labute approximate surface area is 135 Å². The first kappa shape index (κ1) is 18.4. The van der Waals surface area contributed by atoms with Crippen molar-refractivity contribution in [2.75, 3.05) is 19.6 Å². The Hall–Kier alpha value is -1.60. The molecule has 0 spiro atoms. The number of ether oxygens (including phenoxy) is 1. The van der Waals surface area contributed by atoms with Crippen molar-refractivity contribution < 1.29 is 19.4 Å². The van der Waals surface area contributed by atoms with Crippen molar-refractivity contribution in [1.29, 1.82) is 0 Å². The first-order chi connectivity index (χ1) is 10.2. The summed E-state index contributed by atoms with van der Waals surface area (Å²) in [6.45, 7) is 9.76. The van der Waals surface area contributed by atoms with Crippen LogP contribution in [-0.4, -0.2) is 47.3 Å². The van der Waals surface area contributed by atoms with E-state index in [0.717, 1.165) is 4.88 Å². The summed E-state index contributed by atoms with van der Waals surface area (Å²) in [5, 5.41) is 13.7. The van der Waals surface area contributed by atoms with Crippen molar-refractivity contribution in [1.82, 2.24) is 10.2 Å². The van der Waals surface area contributed by atoms with Crippen molar-refractivity contribution in [3.05, 3.63) is 21.9 Å². The molecule has 124 valence electrons. The van der Waals surface area contributed by atoms with Gasteiger partial charge in [-0.15, -0.1) is 11.3 Å². The number of rotatable bonds is 7. The third-order valence-corrected chi connectivity index (χ3v) is 3.73. The molecular weight excluding hydrogens is 304 g/mol. The molecule has 1 heterocycles. The summed E-state index contributed by atoms with van der Waals surface area (Å²) in [4.78, 5) is 25.3. The lowest BCUT2D eigenvalue weighted by molar-refractivity contribution is 0.0262. The minimum atomic E-state index is -0.912.